The Morgan fingerprint density at radius 1 is 1.00 bits per heavy atom. The minimum Gasteiger partial charge on any atom is -0.192 e. The van der Waals surface area contributed by atoms with Crippen molar-refractivity contribution in [1.82, 2.24) is 0 Å². The summed E-state index contributed by atoms with van der Waals surface area (Å²) in [5.41, 5.74) is 2.50. The van der Waals surface area contributed by atoms with Gasteiger partial charge < -0.3 is 0 Å². The highest BCUT2D eigenvalue weighted by molar-refractivity contribution is 5.73. The van der Waals surface area contributed by atoms with Crippen LogP contribution in [0.25, 0.3) is 11.1 Å². The number of benzene rings is 2. The fourth-order valence-corrected chi connectivity index (χ4v) is 1.57. The van der Waals surface area contributed by atoms with Crippen molar-refractivity contribution in [3.8, 4) is 23.3 Å². The molecule has 0 aliphatic rings. The van der Waals surface area contributed by atoms with Crippen molar-refractivity contribution in [2.45, 2.75) is 0 Å². The standard InChI is InChI=1S/C14H7N2/c15-9-12-7-4-8-13(14(12)10-16)11-5-2-1-3-6-11/h1-2,4-8H. The molecule has 2 nitrogen and oxygen atoms in total. The van der Waals surface area contributed by atoms with Gasteiger partial charge in [-0.2, -0.15) is 10.5 Å². The Balaban J connectivity index is 2.69. The van der Waals surface area contributed by atoms with Crippen LogP contribution in [-0.2, 0) is 0 Å². The molecule has 73 valence electrons. The molecule has 0 amide bonds. The molecule has 0 saturated carbocycles. The van der Waals surface area contributed by atoms with Crippen molar-refractivity contribution in [3.05, 3.63) is 59.7 Å². The summed E-state index contributed by atoms with van der Waals surface area (Å²) in [5, 5.41) is 18.0. The maximum atomic E-state index is 9.08. The van der Waals surface area contributed by atoms with Gasteiger partial charge in [-0.25, -0.2) is 0 Å². The predicted octanol–water partition coefficient (Wildman–Crippen LogP) is 2.90. The van der Waals surface area contributed by atoms with Gasteiger partial charge in [-0.1, -0.05) is 30.3 Å². The molecule has 2 aromatic rings. The van der Waals surface area contributed by atoms with Gasteiger partial charge in [-0.15, -0.1) is 0 Å². The molecular formula is C14H7N2. The molecule has 0 heterocycles. The Bertz CT molecular complexity index is 586. The molecule has 0 unspecified atom stereocenters. The van der Waals surface area contributed by atoms with E-state index in [1.165, 1.54) is 0 Å². The maximum absolute atomic E-state index is 9.08. The van der Waals surface area contributed by atoms with Crippen LogP contribution in [0, 0.1) is 28.7 Å². The summed E-state index contributed by atoms with van der Waals surface area (Å²) in [6.45, 7) is 0. The second kappa shape index (κ2) is 4.29. The zero-order valence-corrected chi connectivity index (χ0v) is 8.44. The van der Waals surface area contributed by atoms with E-state index in [-0.39, 0.29) is 0 Å². The monoisotopic (exact) mass is 203 g/mol. The Hall–Kier alpha value is -2.58. The molecule has 0 bridgehead atoms. The van der Waals surface area contributed by atoms with E-state index in [2.05, 4.69) is 12.1 Å². The fraction of sp³-hybridized carbons (Fsp3) is 0. The summed E-state index contributed by atoms with van der Waals surface area (Å²) < 4.78 is 0. The van der Waals surface area contributed by atoms with Crippen molar-refractivity contribution in [2.24, 2.45) is 0 Å². The van der Waals surface area contributed by atoms with Gasteiger partial charge in [-0.3, -0.25) is 0 Å². The summed E-state index contributed by atoms with van der Waals surface area (Å²) in [7, 11) is 0. The second-order valence-electron chi connectivity index (χ2n) is 3.24. The van der Waals surface area contributed by atoms with E-state index in [9.17, 15) is 0 Å². The Labute approximate surface area is 94.0 Å². The zero-order valence-electron chi connectivity index (χ0n) is 8.44. The normalized spacial score (nSPS) is 9.12. The van der Waals surface area contributed by atoms with Gasteiger partial charge in [0.1, 0.15) is 12.1 Å². The van der Waals surface area contributed by atoms with Gasteiger partial charge >= 0.3 is 0 Å². The minimum atomic E-state index is 0.406. The summed E-state index contributed by atoms with van der Waals surface area (Å²) in [5.74, 6) is 0. The van der Waals surface area contributed by atoms with Gasteiger partial charge in [0.2, 0.25) is 0 Å². The lowest BCUT2D eigenvalue weighted by atomic mass is 9.97. The average Bonchev–Trinajstić information content (AvgIpc) is 2.38. The molecule has 0 atom stereocenters. The van der Waals surface area contributed by atoms with Gasteiger partial charge in [0, 0.05) is 5.56 Å². The van der Waals surface area contributed by atoms with E-state index in [1.807, 2.05) is 24.3 Å². The highest BCUT2D eigenvalue weighted by Gasteiger charge is 2.08. The third-order valence-electron chi connectivity index (χ3n) is 2.31. The molecule has 2 rings (SSSR count). The van der Waals surface area contributed by atoms with E-state index in [0.717, 1.165) is 11.1 Å². The van der Waals surface area contributed by atoms with Crippen LogP contribution < -0.4 is 0 Å². The van der Waals surface area contributed by atoms with Crippen LogP contribution in [0.15, 0.2) is 42.5 Å². The van der Waals surface area contributed by atoms with Crippen LogP contribution >= 0.6 is 0 Å². The lowest BCUT2D eigenvalue weighted by molar-refractivity contribution is 1.43. The summed E-state index contributed by atoms with van der Waals surface area (Å²) in [6.07, 6.45) is 0. The first-order valence-electron chi connectivity index (χ1n) is 4.76. The average molecular weight is 203 g/mol. The summed E-state index contributed by atoms with van der Waals surface area (Å²) in [6, 6.07) is 19.7. The summed E-state index contributed by atoms with van der Waals surface area (Å²) >= 11 is 0. The first-order chi connectivity index (χ1) is 7.86. The van der Waals surface area contributed by atoms with Crippen molar-refractivity contribution in [3.63, 3.8) is 0 Å². The van der Waals surface area contributed by atoms with Gasteiger partial charge in [0.15, 0.2) is 0 Å². The minimum absolute atomic E-state index is 0.406. The quantitative estimate of drug-likeness (QED) is 0.715. The van der Waals surface area contributed by atoms with Crippen LogP contribution in [-0.4, -0.2) is 0 Å². The van der Waals surface area contributed by atoms with Gasteiger partial charge in [0.05, 0.1) is 11.1 Å². The molecular weight excluding hydrogens is 196 g/mol. The fourth-order valence-electron chi connectivity index (χ4n) is 1.57. The smallest absolute Gasteiger partial charge is 0.101 e. The number of nitrogens with zero attached hydrogens (tertiary/aromatic N) is 2. The molecule has 0 fully saturated rings. The van der Waals surface area contributed by atoms with E-state index < -0.39 is 0 Å². The van der Waals surface area contributed by atoms with Gasteiger partial charge in [-0.05, 0) is 23.8 Å². The van der Waals surface area contributed by atoms with Crippen LogP contribution in [0.1, 0.15) is 11.1 Å². The second-order valence-corrected chi connectivity index (χ2v) is 3.24. The lowest BCUT2D eigenvalue weighted by Gasteiger charge is -2.04. The zero-order chi connectivity index (χ0) is 11.4. The van der Waals surface area contributed by atoms with Crippen LogP contribution in [0.4, 0.5) is 0 Å². The molecule has 2 heteroatoms. The molecule has 0 aliphatic carbocycles. The molecule has 0 N–H and O–H groups in total. The molecule has 16 heavy (non-hydrogen) atoms. The molecule has 0 aromatic heterocycles. The topological polar surface area (TPSA) is 47.6 Å². The third-order valence-corrected chi connectivity index (χ3v) is 2.31. The SMILES string of the molecule is N#Cc1cccc(-c2c[c]ccc2)c1C#N. The first kappa shape index (κ1) is 9.96. The Morgan fingerprint density at radius 2 is 1.88 bits per heavy atom. The van der Waals surface area contributed by atoms with Crippen molar-refractivity contribution < 1.29 is 0 Å². The van der Waals surface area contributed by atoms with Crippen LogP contribution in [0.3, 0.4) is 0 Å². The molecule has 0 saturated heterocycles. The number of hydrogen-bond donors (Lipinski definition) is 0. The van der Waals surface area contributed by atoms with Crippen LogP contribution in [0.5, 0.6) is 0 Å². The molecule has 1 radical (unpaired) electrons. The Kier molecular flexibility index (Phi) is 2.67. The number of hydrogen-bond acceptors (Lipinski definition) is 2. The van der Waals surface area contributed by atoms with Crippen molar-refractivity contribution in [1.29, 1.82) is 10.5 Å². The first-order valence-corrected chi connectivity index (χ1v) is 4.76. The maximum Gasteiger partial charge on any atom is 0.101 e. The molecule has 2 aromatic carbocycles. The third kappa shape index (κ3) is 1.65. The Morgan fingerprint density at radius 3 is 2.50 bits per heavy atom. The van der Waals surface area contributed by atoms with Crippen molar-refractivity contribution >= 4 is 0 Å². The lowest BCUT2D eigenvalue weighted by Crippen LogP contribution is -1.88. The molecule has 0 spiro atoms. The van der Waals surface area contributed by atoms with Gasteiger partial charge in [0.25, 0.3) is 0 Å². The largest absolute Gasteiger partial charge is 0.192 e. The summed E-state index contributed by atoms with van der Waals surface area (Å²) in [4.78, 5) is 0. The highest BCUT2D eigenvalue weighted by atomic mass is 14.3. The molecule has 0 aliphatic heterocycles. The van der Waals surface area contributed by atoms with E-state index in [0.29, 0.717) is 11.1 Å². The van der Waals surface area contributed by atoms with E-state index in [4.69, 9.17) is 10.5 Å². The number of nitriles is 2. The highest BCUT2D eigenvalue weighted by Crippen LogP contribution is 2.24. The van der Waals surface area contributed by atoms with E-state index >= 15 is 0 Å². The van der Waals surface area contributed by atoms with E-state index in [1.54, 1.807) is 24.3 Å². The van der Waals surface area contributed by atoms with Crippen LogP contribution in [0.2, 0.25) is 0 Å². The van der Waals surface area contributed by atoms with Crippen molar-refractivity contribution in [2.75, 3.05) is 0 Å². The number of rotatable bonds is 1. The predicted molar refractivity (Wildman–Crippen MR) is 60.1 cm³/mol.